The molecule has 2 aromatic carbocycles. The van der Waals surface area contributed by atoms with Crippen molar-refractivity contribution in [2.24, 2.45) is 0 Å². The number of aromatic amines is 1. The van der Waals surface area contributed by atoms with Crippen molar-refractivity contribution in [2.45, 2.75) is 6.42 Å². The van der Waals surface area contributed by atoms with Gasteiger partial charge in [0, 0.05) is 11.4 Å². The number of hydrogen-bond donors (Lipinski definition) is 2. The minimum atomic E-state index is -0.321. The molecule has 0 amide bonds. The number of nitrogens with zero attached hydrogens (tertiary/aromatic N) is 2. The first kappa shape index (κ1) is 17.3. The highest BCUT2D eigenvalue weighted by molar-refractivity contribution is 6.36. The Hall–Kier alpha value is -2.57. The van der Waals surface area contributed by atoms with Crippen LogP contribution in [0.5, 0.6) is 5.75 Å². The lowest BCUT2D eigenvalue weighted by atomic mass is 10.1. The lowest BCUT2D eigenvalue weighted by molar-refractivity contribution is 0.414. The van der Waals surface area contributed by atoms with Gasteiger partial charge in [0.1, 0.15) is 11.4 Å². The van der Waals surface area contributed by atoms with Gasteiger partial charge in [0.25, 0.3) is 5.56 Å². The van der Waals surface area contributed by atoms with Crippen molar-refractivity contribution in [3.05, 3.63) is 74.1 Å². The van der Waals surface area contributed by atoms with Gasteiger partial charge in [-0.15, -0.1) is 10.2 Å². The largest absolute Gasteiger partial charge is 0.497 e. The number of ether oxygens (including phenoxy) is 1. The van der Waals surface area contributed by atoms with E-state index in [4.69, 9.17) is 27.9 Å². The third-order valence-corrected chi connectivity index (χ3v) is 4.03. The molecule has 0 radical (unpaired) electrons. The summed E-state index contributed by atoms with van der Waals surface area (Å²) in [5, 5.41) is 11.8. The summed E-state index contributed by atoms with van der Waals surface area (Å²) in [5.74, 6) is 0.954. The van der Waals surface area contributed by atoms with Crippen molar-refractivity contribution >= 4 is 34.8 Å². The van der Waals surface area contributed by atoms with E-state index in [-0.39, 0.29) is 11.5 Å². The minimum absolute atomic E-state index is 0.202. The van der Waals surface area contributed by atoms with Gasteiger partial charge in [0.15, 0.2) is 0 Å². The Bertz CT molecular complexity index is 942. The minimum Gasteiger partial charge on any atom is -0.497 e. The number of H-pyrrole nitrogens is 1. The Morgan fingerprint density at radius 1 is 1.12 bits per heavy atom. The van der Waals surface area contributed by atoms with Gasteiger partial charge >= 0.3 is 0 Å². The van der Waals surface area contributed by atoms with E-state index in [2.05, 4.69) is 20.5 Å². The predicted molar refractivity (Wildman–Crippen MR) is 98.2 cm³/mol. The van der Waals surface area contributed by atoms with E-state index in [0.29, 0.717) is 27.8 Å². The number of aromatic nitrogens is 3. The molecule has 0 aliphatic heterocycles. The molecule has 0 bridgehead atoms. The quantitative estimate of drug-likeness (QED) is 0.707. The van der Waals surface area contributed by atoms with Gasteiger partial charge in [-0.2, -0.15) is 0 Å². The van der Waals surface area contributed by atoms with E-state index in [1.807, 2.05) is 24.3 Å². The third-order valence-electron chi connectivity index (χ3n) is 3.48. The van der Waals surface area contributed by atoms with Crippen LogP contribution in [-0.4, -0.2) is 22.3 Å². The zero-order chi connectivity index (χ0) is 17.8. The smallest absolute Gasteiger partial charge is 0.274 e. The Morgan fingerprint density at radius 3 is 2.52 bits per heavy atom. The van der Waals surface area contributed by atoms with E-state index in [9.17, 15) is 4.79 Å². The molecule has 6 nitrogen and oxygen atoms in total. The number of anilines is 2. The average Bonchev–Trinajstić information content (AvgIpc) is 2.60. The van der Waals surface area contributed by atoms with Crippen molar-refractivity contribution in [3.8, 4) is 5.75 Å². The second-order valence-corrected chi connectivity index (χ2v) is 6.07. The van der Waals surface area contributed by atoms with Crippen LogP contribution in [0.3, 0.4) is 0 Å². The Balaban J connectivity index is 1.77. The molecular formula is C17H14Cl2N4O2. The standard InChI is InChI=1S/C17H14Cl2N4O2/c1-25-12-5-2-10(3-6-12)8-15-16(24)21-17(23-22-15)20-14-7-4-11(18)9-13(14)19/h2-7,9H,8H2,1H3,(H2,20,21,23,24). The molecule has 1 heterocycles. The number of methoxy groups -OCH3 is 1. The van der Waals surface area contributed by atoms with Crippen LogP contribution < -0.4 is 15.6 Å². The highest BCUT2D eigenvalue weighted by Crippen LogP contribution is 2.26. The molecule has 0 spiro atoms. The molecule has 8 heteroatoms. The molecule has 25 heavy (non-hydrogen) atoms. The van der Waals surface area contributed by atoms with E-state index >= 15 is 0 Å². The van der Waals surface area contributed by atoms with Gasteiger partial charge in [-0.1, -0.05) is 35.3 Å². The van der Waals surface area contributed by atoms with Gasteiger partial charge in [-0.3, -0.25) is 9.78 Å². The first-order chi connectivity index (χ1) is 12.0. The topological polar surface area (TPSA) is 79.9 Å². The number of hydrogen-bond acceptors (Lipinski definition) is 5. The normalized spacial score (nSPS) is 10.5. The number of benzene rings is 2. The lowest BCUT2D eigenvalue weighted by Crippen LogP contribution is -2.18. The van der Waals surface area contributed by atoms with Crippen LogP contribution in [0.15, 0.2) is 47.3 Å². The second kappa shape index (κ2) is 7.55. The van der Waals surface area contributed by atoms with Crippen LogP contribution in [0, 0.1) is 0 Å². The molecule has 0 unspecified atom stereocenters. The van der Waals surface area contributed by atoms with Crippen LogP contribution in [-0.2, 0) is 6.42 Å². The SMILES string of the molecule is COc1ccc(Cc2nnc(Nc3ccc(Cl)cc3Cl)[nH]c2=O)cc1. The summed E-state index contributed by atoms with van der Waals surface area (Å²) < 4.78 is 5.11. The molecule has 0 atom stereocenters. The first-order valence-corrected chi connectivity index (χ1v) is 8.11. The fraction of sp³-hybridized carbons (Fsp3) is 0.118. The monoisotopic (exact) mass is 376 g/mol. The Kier molecular flexibility index (Phi) is 5.21. The molecule has 2 N–H and O–H groups in total. The molecule has 0 saturated heterocycles. The maximum atomic E-state index is 12.2. The van der Waals surface area contributed by atoms with Crippen molar-refractivity contribution in [1.82, 2.24) is 15.2 Å². The fourth-order valence-corrected chi connectivity index (χ4v) is 2.64. The fourth-order valence-electron chi connectivity index (χ4n) is 2.19. The summed E-state index contributed by atoms with van der Waals surface area (Å²) in [6.07, 6.45) is 0.369. The lowest BCUT2D eigenvalue weighted by Gasteiger charge is -2.07. The van der Waals surface area contributed by atoms with Gasteiger partial charge in [0.05, 0.1) is 17.8 Å². The van der Waals surface area contributed by atoms with Crippen molar-refractivity contribution in [1.29, 1.82) is 0 Å². The molecule has 3 rings (SSSR count). The maximum Gasteiger partial charge on any atom is 0.274 e. The summed E-state index contributed by atoms with van der Waals surface area (Å²) in [4.78, 5) is 14.9. The summed E-state index contributed by atoms with van der Waals surface area (Å²) in [5.41, 5.74) is 1.50. The molecule has 0 aliphatic carbocycles. The number of rotatable bonds is 5. The van der Waals surface area contributed by atoms with Gasteiger partial charge in [0.2, 0.25) is 5.95 Å². The highest BCUT2D eigenvalue weighted by Gasteiger charge is 2.08. The summed E-state index contributed by atoms with van der Waals surface area (Å²) in [6, 6.07) is 12.4. The van der Waals surface area contributed by atoms with Crippen LogP contribution in [0.1, 0.15) is 11.3 Å². The Labute approximate surface area is 153 Å². The average molecular weight is 377 g/mol. The number of halogens is 2. The van der Waals surface area contributed by atoms with Crippen LogP contribution in [0.2, 0.25) is 10.0 Å². The van der Waals surface area contributed by atoms with Crippen molar-refractivity contribution < 1.29 is 4.74 Å². The van der Waals surface area contributed by atoms with Crippen molar-refractivity contribution in [2.75, 3.05) is 12.4 Å². The Morgan fingerprint density at radius 2 is 1.88 bits per heavy atom. The van der Waals surface area contributed by atoms with E-state index in [1.165, 1.54) is 0 Å². The summed E-state index contributed by atoms with van der Waals surface area (Å²) in [7, 11) is 1.60. The van der Waals surface area contributed by atoms with Crippen LogP contribution in [0.25, 0.3) is 0 Å². The molecular weight excluding hydrogens is 363 g/mol. The van der Waals surface area contributed by atoms with Gasteiger partial charge in [-0.05, 0) is 35.9 Å². The summed E-state index contributed by atoms with van der Waals surface area (Å²) >= 11 is 11.9. The first-order valence-electron chi connectivity index (χ1n) is 7.36. The van der Waals surface area contributed by atoms with E-state index in [0.717, 1.165) is 11.3 Å². The molecule has 0 fully saturated rings. The molecule has 0 aliphatic rings. The van der Waals surface area contributed by atoms with E-state index < -0.39 is 0 Å². The maximum absolute atomic E-state index is 12.2. The van der Waals surface area contributed by atoms with Crippen molar-refractivity contribution in [3.63, 3.8) is 0 Å². The zero-order valence-corrected chi connectivity index (χ0v) is 14.7. The van der Waals surface area contributed by atoms with Crippen LogP contribution in [0.4, 0.5) is 11.6 Å². The summed E-state index contributed by atoms with van der Waals surface area (Å²) in [6.45, 7) is 0. The van der Waals surface area contributed by atoms with Gasteiger partial charge in [-0.25, -0.2) is 0 Å². The molecule has 3 aromatic rings. The molecule has 0 saturated carbocycles. The zero-order valence-electron chi connectivity index (χ0n) is 13.2. The third kappa shape index (κ3) is 4.29. The predicted octanol–water partition coefficient (Wildman–Crippen LogP) is 3.81. The molecule has 1 aromatic heterocycles. The highest BCUT2D eigenvalue weighted by atomic mass is 35.5. The van der Waals surface area contributed by atoms with E-state index in [1.54, 1.807) is 25.3 Å². The van der Waals surface area contributed by atoms with Gasteiger partial charge < -0.3 is 10.1 Å². The second-order valence-electron chi connectivity index (χ2n) is 5.22. The number of nitrogens with one attached hydrogen (secondary N) is 2. The molecule has 128 valence electrons. The van der Waals surface area contributed by atoms with Crippen LogP contribution >= 0.6 is 23.2 Å².